The normalized spacial score (nSPS) is 17.2. The van der Waals surface area contributed by atoms with Crippen molar-refractivity contribution in [3.8, 4) is 0 Å². The van der Waals surface area contributed by atoms with Crippen LogP contribution in [-0.4, -0.2) is 58.1 Å². The van der Waals surface area contributed by atoms with Crippen LogP contribution in [0.4, 0.5) is 4.79 Å². The SMILES string of the molecule is CCOC(=O)CCNC(=O)N1CCC[C@@H](CNS(=O)(=O)Cc2ccccc2)C1. The predicted molar refractivity (Wildman–Crippen MR) is 106 cm³/mol. The minimum Gasteiger partial charge on any atom is -0.466 e. The van der Waals surface area contributed by atoms with Gasteiger partial charge < -0.3 is 15.0 Å². The van der Waals surface area contributed by atoms with Gasteiger partial charge in [-0.15, -0.1) is 0 Å². The number of hydrogen-bond donors (Lipinski definition) is 2. The first-order valence-corrected chi connectivity index (χ1v) is 11.2. The number of nitrogens with zero attached hydrogens (tertiary/aromatic N) is 1. The van der Waals surface area contributed by atoms with Crippen molar-refractivity contribution in [3.63, 3.8) is 0 Å². The Hall–Kier alpha value is -2.13. The van der Waals surface area contributed by atoms with E-state index < -0.39 is 10.0 Å². The number of benzene rings is 1. The molecule has 0 spiro atoms. The number of nitrogens with one attached hydrogen (secondary N) is 2. The highest BCUT2D eigenvalue weighted by atomic mass is 32.2. The molecule has 1 heterocycles. The molecule has 1 aliphatic heterocycles. The summed E-state index contributed by atoms with van der Waals surface area (Å²) in [4.78, 5) is 25.2. The second-order valence-electron chi connectivity index (χ2n) is 6.83. The van der Waals surface area contributed by atoms with Crippen LogP contribution >= 0.6 is 0 Å². The fraction of sp³-hybridized carbons (Fsp3) is 0.579. The first-order chi connectivity index (χ1) is 13.4. The van der Waals surface area contributed by atoms with Crippen LogP contribution in [0.3, 0.4) is 0 Å². The average molecular weight is 412 g/mol. The highest BCUT2D eigenvalue weighted by molar-refractivity contribution is 7.88. The smallest absolute Gasteiger partial charge is 0.317 e. The first-order valence-electron chi connectivity index (χ1n) is 9.59. The highest BCUT2D eigenvalue weighted by Crippen LogP contribution is 2.16. The zero-order valence-electron chi connectivity index (χ0n) is 16.2. The summed E-state index contributed by atoms with van der Waals surface area (Å²) >= 11 is 0. The Bertz CT molecular complexity index is 739. The molecule has 2 rings (SSSR count). The lowest BCUT2D eigenvalue weighted by atomic mass is 9.99. The van der Waals surface area contributed by atoms with Crippen LogP contribution in [-0.2, 0) is 25.3 Å². The number of carbonyl (C=O) groups is 2. The van der Waals surface area contributed by atoms with Gasteiger partial charge >= 0.3 is 12.0 Å². The quantitative estimate of drug-likeness (QED) is 0.599. The Kier molecular flexibility index (Phi) is 8.72. The molecule has 1 aliphatic rings. The summed E-state index contributed by atoms with van der Waals surface area (Å²) in [6, 6.07) is 8.79. The Balaban J connectivity index is 1.74. The second-order valence-corrected chi connectivity index (χ2v) is 8.64. The third kappa shape index (κ3) is 7.85. The van der Waals surface area contributed by atoms with E-state index in [0.29, 0.717) is 26.2 Å². The van der Waals surface area contributed by atoms with E-state index in [2.05, 4.69) is 10.0 Å². The van der Waals surface area contributed by atoms with Gasteiger partial charge in [0.05, 0.1) is 18.8 Å². The molecule has 2 N–H and O–H groups in total. The van der Waals surface area contributed by atoms with Crippen LogP contribution < -0.4 is 10.0 Å². The number of piperidine rings is 1. The maximum atomic E-state index is 12.3. The van der Waals surface area contributed by atoms with E-state index >= 15 is 0 Å². The molecule has 28 heavy (non-hydrogen) atoms. The lowest BCUT2D eigenvalue weighted by Gasteiger charge is -2.32. The summed E-state index contributed by atoms with van der Waals surface area (Å²) in [6.45, 7) is 3.70. The summed E-state index contributed by atoms with van der Waals surface area (Å²) in [5, 5.41) is 2.71. The van der Waals surface area contributed by atoms with E-state index in [1.165, 1.54) is 0 Å². The minimum atomic E-state index is -3.42. The van der Waals surface area contributed by atoms with E-state index in [0.717, 1.165) is 18.4 Å². The van der Waals surface area contributed by atoms with Gasteiger partial charge in [0, 0.05) is 26.2 Å². The van der Waals surface area contributed by atoms with Crippen LogP contribution in [0.25, 0.3) is 0 Å². The second kappa shape index (κ2) is 11.0. The van der Waals surface area contributed by atoms with E-state index in [4.69, 9.17) is 4.74 Å². The maximum absolute atomic E-state index is 12.3. The molecule has 1 aromatic rings. The van der Waals surface area contributed by atoms with Gasteiger partial charge in [-0.3, -0.25) is 4.79 Å². The van der Waals surface area contributed by atoms with Crippen LogP contribution in [0.2, 0.25) is 0 Å². The van der Waals surface area contributed by atoms with Crippen molar-refractivity contribution in [1.82, 2.24) is 14.9 Å². The summed E-state index contributed by atoms with van der Waals surface area (Å²) in [6.07, 6.45) is 1.81. The van der Waals surface area contributed by atoms with Crippen LogP contribution in [0, 0.1) is 5.92 Å². The predicted octanol–water partition coefficient (Wildman–Crippen LogP) is 1.48. The number of hydrogen-bond acceptors (Lipinski definition) is 5. The van der Waals surface area contributed by atoms with Crippen LogP contribution in [0.15, 0.2) is 30.3 Å². The van der Waals surface area contributed by atoms with E-state index in [-0.39, 0.29) is 36.6 Å². The zero-order valence-corrected chi connectivity index (χ0v) is 17.0. The average Bonchev–Trinajstić information content (AvgIpc) is 2.67. The van der Waals surface area contributed by atoms with Crippen molar-refractivity contribution in [1.29, 1.82) is 0 Å². The summed E-state index contributed by atoms with van der Waals surface area (Å²) in [5.74, 6) is -0.333. The first kappa shape index (κ1) is 22.2. The molecule has 0 bridgehead atoms. The van der Waals surface area contributed by atoms with Gasteiger partial charge in [0.15, 0.2) is 0 Å². The summed E-state index contributed by atoms with van der Waals surface area (Å²) in [7, 11) is -3.42. The molecule has 0 saturated carbocycles. The van der Waals surface area contributed by atoms with Gasteiger partial charge in [-0.25, -0.2) is 17.9 Å². The van der Waals surface area contributed by atoms with Crippen LogP contribution in [0.1, 0.15) is 31.7 Å². The van der Waals surface area contributed by atoms with Gasteiger partial charge in [0.25, 0.3) is 0 Å². The fourth-order valence-corrected chi connectivity index (χ4v) is 4.35. The Labute approximate surface area is 166 Å². The van der Waals surface area contributed by atoms with E-state index in [9.17, 15) is 18.0 Å². The van der Waals surface area contributed by atoms with E-state index in [1.807, 2.05) is 18.2 Å². The molecular formula is C19H29N3O5S. The monoisotopic (exact) mass is 411 g/mol. The van der Waals surface area contributed by atoms with Crippen molar-refractivity contribution in [2.75, 3.05) is 32.8 Å². The molecule has 0 radical (unpaired) electrons. The van der Waals surface area contributed by atoms with Crippen LogP contribution in [0.5, 0.6) is 0 Å². The third-order valence-corrected chi connectivity index (χ3v) is 5.83. The number of esters is 1. The molecule has 0 unspecified atom stereocenters. The number of carbonyl (C=O) groups excluding carboxylic acids is 2. The van der Waals surface area contributed by atoms with Crippen molar-refractivity contribution in [2.45, 2.75) is 31.9 Å². The molecular weight excluding hydrogens is 382 g/mol. The number of sulfonamides is 1. The van der Waals surface area contributed by atoms with Crippen molar-refractivity contribution < 1.29 is 22.7 Å². The number of likely N-dealkylation sites (tertiary alicyclic amines) is 1. The lowest BCUT2D eigenvalue weighted by Crippen LogP contribution is -2.48. The van der Waals surface area contributed by atoms with Gasteiger partial charge in [0.1, 0.15) is 0 Å². The van der Waals surface area contributed by atoms with Gasteiger partial charge in [-0.1, -0.05) is 30.3 Å². The number of rotatable bonds is 9. The molecule has 2 amide bonds. The maximum Gasteiger partial charge on any atom is 0.317 e. The van der Waals surface area contributed by atoms with Crippen molar-refractivity contribution in [2.24, 2.45) is 5.92 Å². The summed E-state index contributed by atoms with van der Waals surface area (Å²) in [5.41, 5.74) is 0.737. The highest BCUT2D eigenvalue weighted by Gasteiger charge is 2.25. The van der Waals surface area contributed by atoms with Crippen molar-refractivity contribution in [3.05, 3.63) is 35.9 Å². The largest absolute Gasteiger partial charge is 0.466 e. The molecule has 8 nitrogen and oxygen atoms in total. The Morgan fingerprint density at radius 1 is 1.25 bits per heavy atom. The molecule has 1 aromatic carbocycles. The Morgan fingerprint density at radius 3 is 2.71 bits per heavy atom. The van der Waals surface area contributed by atoms with Gasteiger partial charge in [-0.2, -0.15) is 0 Å². The van der Waals surface area contributed by atoms with Gasteiger partial charge in [-0.05, 0) is 31.2 Å². The standard InChI is InChI=1S/C19H29N3O5S/c1-2-27-18(23)10-11-20-19(24)22-12-6-9-17(14-22)13-21-28(25,26)15-16-7-4-3-5-8-16/h3-5,7-8,17,21H,2,6,9-15H2,1H3,(H,20,24)/t17-/m0/s1. The molecule has 0 aromatic heterocycles. The molecule has 1 atom stereocenters. The topological polar surface area (TPSA) is 105 Å². The zero-order chi connectivity index (χ0) is 20.4. The van der Waals surface area contributed by atoms with Gasteiger partial charge in [0.2, 0.25) is 10.0 Å². The molecule has 156 valence electrons. The Morgan fingerprint density at radius 2 is 2.00 bits per heavy atom. The molecule has 0 aliphatic carbocycles. The number of urea groups is 1. The van der Waals surface area contributed by atoms with Crippen molar-refractivity contribution >= 4 is 22.0 Å². The number of amides is 2. The number of ether oxygens (including phenoxy) is 1. The lowest BCUT2D eigenvalue weighted by molar-refractivity contribution is -0.142. The third-order valence-electron chi connectivity index (χ3n) is 4.51. The summed E-state index contributed by atoms with van der Waals surface area (Å²) < 4.78 is 32.0. The fourth-order valence-electron chi connectivity index (χ4n) is 3.12. The molecule has 1 fully saturated rings. The molecule has 1 saturated heterocycles. The minimum absolute atomic E-state index is 0.0569. The van der Waals surface area contributed by atoms with E-state index in [1.54, 1.807) is 24.0 Å². The molecule has 9 heteroatoms.